The van der Waals surface area contributed by atoms with Crippen molar-refractivity contribution in [2.24, 2.45) is 15.9 Å². The molecule has 1 heterocycles. The summed E-state index contributed by atoms with van der Waals surface area (Å²) < 4.78 is 0. The standard InChI is InChI=1S/C26H49N2/c1-3-5-7-9-10-11-12-14-16-20-25(19-15-13-8-6-4-2)21-17-18-22-26-27-23-24-28-26/h23-25H,3-22H2,1-2H3/q+1. The highest BCUT2D eigenvalue weighted by Gasteiger charge is 2.15. The van der Waals surface area contributed by atoms with Crippen LogP contribution in [0.2, 0.25) is 0 Å². The van der Waals surface area contributed by atoms with E-state index in [0.29, 0.717) is 0 Å². The van der Waals surface area contributed by atoms with Crippen LogP contribution in [0.3, 0.4) is 0 Å². The summed E-state index contributed by atoms with van der Waals surface area (Å²) in [6, 6.07) is 0. The fraction of sp³-hybridized carbons (Fsp3) is 0.885. The van der Waals surface area contributed by atoms with Crippen molar-refractivity contribution < 1.29 is 0 Å². The minimum absolute atomic E-state index is 0.965. The van der Waals surface area contributed by atoms with Crippen molar-refractivity contribution in [3.05, 3.63) is 6.17 Å². The predicted molar refractivity (Wildman–Crippen MR) is 127 cm³/mol. The highest BCUT2D eigenvalue weighted by atomic mass is 15.0. The summed E-state index contributed by atoms with van der Waals surface area (Å²) >= 11 is 0. The summed E-state index contributed by atoms with van der Waals surface area (Å²) in [5.74, 6) is 0.965. The topological polar surface area (TPSA) is 24.7 Å². The monoisotopic (exact) mass is 389 g/mol. The van der Waals surface area contributed by atoms with Crippen LogP contribution in [0.25, 0.3) is 0 Å². The summed E-state index contributed by atoms with van der Waals surface area (Å²) in [5.41, 5.74) is 0. The Balaban J connectivity index is 2.07. The van der Waals surface area contributed by atoms with Crippen LogP contribution < -0.4 is 0 Å². The summed E-state index contributed by atoms with van der Waals surface area (Å²) in [6.07, 6.45) is 32.8. The minimum atomic E-state index is 0.965. The van der Waals surface area contributed by atoms with Crippen LogP contribution in [0.5, 0.6) is 0 Å². The number of hydrogen-bond donors (Lipinski definition) is 0. The fourth-order valence-electron chi connectivity index (χ4n) is 4.33. The maximum Gasteiger partial charge on any atom is 0.240 e. The number of nitrogens with zero attached hydrogens (tertiary/aromatic N) is 2. The van der Waals surface area contributed by atoms with E-state index in [2.05, 4.69) is 23.8 Å². The van der Waals surface area contributed by atoms with Gasteiger partial charge in [0.25, 0.3) is 0 Å². The maximum atomic E-state index is 4.30. The van der Waals surface area contributed by atoms with E-state index < -0.39 is 0 Å². The molecule has 0 N–H and O–H groups in total. The molecular formula is C26H49N2+. The molecule has 0 aliphatic carbocycles. The Bertz CT molecular complexity index is 363. The van der Waals surface area contributed by atoms with Gasteiger partial charge >= 0.3 is 0 Å². The van der Waals surface area contributed by atoms with E-state index >= 15 is 0 Å². The van der Waals surface area contributed by atoms with Gasteiger partial charge in [-0.1, -0.05) is 139 Å². The quantitative estimate of drug-likeness (QED) is 0.138. The number of rotatable bonds is 21. The number of unbranched alkanes of at least 4 members (excludes halogenated alkanes) is 13. The van der Waals surface area contributed by atoms with E-state index in [9.17, 15) is 0 Å². The zero-order chi connectivity index (χ0) is 20.1. The third-order valence-electron chi connectivity index (χ3n) is 6.21. The molecule has 0 aromatic carbocycles. The van der Waals surface area contributed by atoms with Crippen LogP contribution >= 0.6 is 0 Å². The fourth-order valence-corrected chi connectivity index (χ4v) is 4.33. The van der Waals surface area contributed by atoms with E-state index in [-0.39, 0.29) is 0 Å². The van der Waals surface area contributed by atoms with Gasteiger partial charge in [-0.05, 0) is 12.3 Å². The minimum Gasteiger partial charge on any atom is -0.0968 e. The van der Waals surface area contributed by atoms with Gasteiger partial charge in [0, 0.05) is 0 Å². The Morgan fingerprint density at radius 2 is 0.929 bits per heavy atom. The molecule has 2 nitrogen and oxygen atoms in total. The van der Waals surface area contributed by atoms with Gasteiger partial charge in [0.1, 0.15) is 0 Å². The van der Waals surface area contributed by atoms with Gasteiger partial charge < -0.3 is 0 Å². The lowest BCUT2D eigenvalue weighted by atomic mass is 9.89. The van der Waals surface area contributed by atoms with E-state index in [4.69, 9.17) is 0 Å². The predicted octanol–water partition coefficient (Wildman–Crippen LogP) is 9.09. The molecule has 0 saturated carbocycles. The molecule has 2 heteroatoms. The van der Waals surface area contributed by atoms with Crippen LogP contribution in [0, 0.1) is 12.1 Å². The van der Waals surface area contributed by atoms with Gasteiger partial charge in [-0.25, -0.2) is 0 Å². The first-order chi connectivity index (χ1) is 13.9. The van der Waals surface area contributed by atoms with Gasteiger partial charge in [-0.3, -0.25) is 0 Å². The smallest absolute Gasteiger partial charge is 0.0968 e. The molecule has 0 spiro atoms. The molecule has 1 rings (SSSR count). The average Bonchev–Trinajstić information content (AvgIpc) is 3.22. The Morgan fingerprint density at radius 3 is 1.39 bits per heavy atom. The van der Waals surface area contributed by atoms with Gasteiger partial charge in [-0.15, -0.1) is 0 Å². The largest absolute Gasteiger partial charge is 0.240 e. The molecule has 1 aliphatic heterocycles. The van der Waals surface area contributed by atoms with E-state index in [1.54, 1.807) is 0 Å². The van der Waals surface area contributed by atoms with Crippen molar-refractivity contribution in [3.63, 3.8) is 0 Å². The first-order valence-corrected chi connectivity index (χ1v) is 12.8. The Morgan fingerprint density at radius 1 is 0.536 bits per heavy atom. The molecule has 1 unspecified atom stereocenters. The van der Waals surface area contributed by atoms with Crippen LogP contribution in [-0.4, -0.2) is 12.4 Å². The van der Waals surface area contributed by atoms with Crippen molar-refractivity contribution >= 4 is 12.4 Å². The molecule has 1 atom stereocenters. The zero-order valence-corrected chi connectivity index (χ0v) is 19.3. The van der Waals surface area contributed by atoms with E-state index in [1.807, 2.05) is 12.4 Å². The van der Waals surface area contributed by atoms with Crippen molar-refractivity contribution in [3.8, 4) is 0 Å². The lowest BCUT2D eigenvalue weighted by Gasteiger charge is -2.17. The molecule has 0 aromatic heterocycles. The second-order valence-electron chi connectivity index (χ2n) is 8.90. The molecule has 0 bridgehead atoms. The molecule has 0 fully saturated rings. The SMILES string of the molecule is CCCCCCCCCCCC(CCCCCCC)CCCC[C+]1N=CC=N1. The number of hydrogen-bond acceptors (Lipinski definition) is 2. The van der Waals surface area contributed by atoms with Crippen LogP contribution in [0.15, 0.2) is 9.98 Å². The lowest BCUT2D eigenvalue weighted by molar-refractivity contribution is 0.367. The van der Waals surface area contributed by atoms with Crippen molar-refractivity contribution in [2.75, 3.05) is 0 Å². The first kappa shape index (κ1) is 25.2. The summed E-state index contributed by atoms with van der Waals surface area (Å²) in [7, 11) is 0. The normalized spacial score (nSPS) is 14.3. The van der Waals surface area contributed by atoms with Crippen LogP contribution in [0.1, 0.15) is 142 Å². The molecule has 162 valence electrons. The van der Waals surface area contributed by atoms with Gasteiger partial charge in [0.15, 0.2) is 12.4 Å². The van der Waals surface area contributed by atoms with Crippen molar-refractivity contribution in [1.29, 1.82) is 0 Å². The number of aliphatic imine (C=N–C) groups is 2. The second-order valence-corrected chi connectivity index (χ2v) is 8.90. The molecule has 0 saturated heterocycles. The van der Waals surface area contributed by atoms with Gasteiger partial charge in [-0.2, -0.15) is 0 Å². The molecular weight excluding hydrogens is 340 g/mol. The third kappa shape index (κ3) is 15.2. The van der Waals surface area contributed by atoms with E-state index in [0.717, 1.165) is 18.5 Å². The Kier molecular flexibility index (Phi) is 17.6. The van der Waals surface area contributed by atoms with Gasteiger partial charge in [0.05, 0.1) is 6.42 Å². The summed E-state index contributed by atoms with van der Waals surface area (Å²) in [4.78, 5) is 8.60. The molecule has 0 radical (unpaired) electrons. The van der Waals surface area contributed by atoms with Gasteiger partial charge in [0.2, 0.25) is 6.17 Å². The second kappa shape index (κ2) is 19.5. The summed E-state index contributed by atoms with van der Waals surface area (Å²) in [6.45, 7) is 4.61. The highest BCUT2D eigenvalue weighted by molar-refractivity contribution is 6.18. The first-order valence-electron chi connectivity index (χ1n) is 12.8. The molecule has 28 heavy (non-hydrogen) atoms. The van der Waals surface area contributed by atoms with Crippen molar-refractivity contribution in [1.82, 2.24) is 0 Å². The highest BCUT2D eigenvalue weighted by Crippen LogP contribution is 2.25. The maximum absolute atomic E-state index is 4.30. The molecule has 1 aliphatic rings. The Labute approximate surface area is 177 Å². The molecule has 0 amide bonds. The zero-order valence-electron chi connectivity index (χ0n) is 19.3. The average molecular weight is 390 g/mol. The summed E-state index contributed by atoms with van der Waals surface area (Å²) in [5, 5.41) is 0. The van der Waals surface area contributed by atoms with Crippen LogP contribution in [0.4, 0.5) is 0 Å². The van der Waals surface area contributed by atoms with E-state index in [1.165, 1.54) is 122 Å². The van der Waals surface area contributed by atoms with Crippen LogP contribution in [-0.2, 0) is 0 Å². The molecule has 0 aromatic rings. The third-order valence-corrected chi connectivity index (χ3v) is 6.21. The Hall–Kier alpha value is -0.790. The van der Waals surface area contributed by atoms with Crippen molar-refractivity contribution in [2.45, 2.75) is 142 Å². The lowest BCUT2D eigenvalue weighted by Crippen LogP contribution is -2.02.